The third-order valence-corrected chi connectivity index (χ3v) is 3.89. The molecular formula is C13H17Cl2NO. The van der Waals surface area contributed by atoms with Crippen molar-refractivity contribution in [3.05, 3.63) is 33.8 Å². The van der Waals surface area contributed by atoms with Gasteiger partial charge in [0.05, 0.1) is 6.10 Å². The maximum absolute atomic E-state index is 9.84. The van der Waals surface area contributed by atoms with E-state index in [9.17, 15) is 5.11 Å². The van der Waals surface area contributed by atoms with Crippen LogP contribution in [0, 0.1) is 0 Å². The molecule has 1 aromatic carbocycles. The third-order valence-electron chi connectivity index (χ3n) is 3.30. The Balaban J connectivity index is 1.92. The second kappa shape index (κ2) is 6.05. The number of hydrogen-bond donors (Lipinski definition) is 2. The summed E-state index contributed by atoms with van der Waals surface area (Å²) in [6.45, 7) is 0.678. The van der Waals surface area contributed by atoms with E-state index in [4.69, 9.17) is 23.2 Å². The molecule has 0 aliphatic heterocycles. The second-order valence-electron chi connectivity index (χ2n) is 4.57. The molecule has 0 bridgehead atoms. The van der Waals surface area contributed by atoms with Crippen molar-refractivity contribution in [3.63, 3.8) is 0 Å². The lowest BCUT2D eigenvalue weighted by Gasteiger charge is -2.28. The van der Waals surface area contributed by atoms with Crippen molar-refractivity contribution in [3.8, 4) is 0 Å². The van der Waals surface area contributed by atoms with Crippen LogP contribution >= 0.6 is 23.2 Å². The fourth-order valence-electron chi connectivity index (χ4n) is 2.26. The summed E-state index contributed by atoms with van der Waals surface area (Å²) in [5.74, 6) is 0. The molecule has 17 heavy (non-hydrogen) atoms. The van der Waals surface area contributed by atoms with Gasteiger partial charge in [0.2, 0.25) is 0 Å². The summed E-state index contributed by atoms with van der Waals surface area (Å²) < 4.78 is 0. The molecule has 0 saturated heterocycles. The Morgan fingerprint density at radius 3 is 2.71 bits per heavy atom. The zero-order chi connectivity index (χ0) is 12.3. The van der Waals surface area contributed by atoms with Crippen molar-refractivity contribution in [2.24, 2.45) is 0 Å². The molecule has 2 N–H and O–H groups in total. The molecule has 1 aliphatic rings. The van der Waals surface area contributed by atoms with Gasteiger partial charge < -0.3 is 10.4 Å². The van der Waals surface area contributed by atoms with E-state index < -0.39 is 0 Å². The maximum Gasteiger partial charge on any atom is 0.0693 e. The minimum absolute atomic E-state index is 0.190. The van der Waals surface area contributed by atoms with Gasteiger partial charge in [-0.05, 0) is 30.5 Å². The Kier molecular flexibility index (Phi) is 4.69. The lowest BCUT2D eigenvalue weighted by molar-refractivity contribution is 0.0902. The minimum atomic E-state index is -0.227. The van der Waals surface area contributed by atoms with Crippen LogP contribution in [0.25, 0.3) is 0 Å². The summed E-state index contributed by atoms with van der Waals surface area (Å²) >= 11 is 11.9. The van der Waals surface area contributed by atoms with Crippen LogP contribution in [-0.2, 0) is 6.54 Å². The first-order chi connectivity index (χ1) is 8.16. The first kappa shape index (κ1) is 13.2. The summed E-state index contributed by atoms with van der Waals surface area (Å²) in [6, 6.07) is 5.70. The van der Waals surface area contributed by atoms with E-state index in [2.05, 4.69) is 5.32 Å². The highest BCUT2D eigenvalue weighted by Gasteiger charge is 2.22. The van der Waals surface area contributed by atoms with E-state index in [1.165, 1.54) is 6.42 Å². The fraction of sp³-hybridized carbons (Fsp3) is 0.538. The van der Waals surface area contributed by atoms with Gasteiger partial charge in [0, 0.05) is 22.6 Å². The summed E-state index contributed by atoms with van der Waals surface area (Å²) in [5.41, 5.74) is 1.02. The molecule has 0 heterocycles. The van der Waals surface area contributed by atoms with Gasteiger partial charge in [-0.2, -0.15) is 0 Å². The Morgan fingerprint density at radius 2 is 2.00 bits per heavy atom. The van der Waals surface area contributed by atoms with Crippen LogP contribution in [0.3, 0.4) is 0 Å². The van der Waals surface area contributed by atoms with Crippen LogP contribution in [0.4, 0.5) is 0 Å². The van der Waals surface area contributed by atoms with E-state index in [1.807, 2.05) is 12.1 Å². The molecule has 1 fully saturated rings. The predicted molar refractivity (Wildman–Crippen MR) is 71.6 cm³/mol. The van der Waals surface area contributed by atoms with E-state index in [1.54, 1.807) is 6.07 Å². The molecule has 2 atom stereocenters. The normalized spacial score (nSPS) is 24.9. The molecule has 1 aliphatic carbocycles. The van der Waals surface area contributed by atoms with Gasteiger partial charge in [0.1, 0.15) is 0 Å². The molecule has 0 radical (unpaired) electrons. The van der Waals surface area contributed by atoms with Gasteiger partial charge in [0.25, 0.3) is 0 Å². The topological polar surface area (TPSA) is 32.3 Å². The number of halogens is 2. The molecule has 94 valence electrons. The van der Waals surface area contributed by atoms with Crippen molar-refractivity contribution < 1.29 is 5.11 Å². The zero-order valence-electron chi connectivity index (χ0n) is 9.63. The molecule has 1 aromatic rings. The lowest BCUT2D eigenvalue weighted by Crippen LogP contribution is -2.41. The maximum atomic E-state index is 9.84. The molecule has 0 spiro atoms. The molecule has 1 saturated carbocycles. The Labute approximate surface area is 112 Å². The highest BCUT2D eigenvalue weighted by Crippen LogP contribution is 2.22. The number of hydrogen-bond acceptors (Lipinski definition) is 2. The van der Waals surface area contributed by atoms with E-state index in [0.29, 0.717) is 16.6 Å². The van der Waals surface area contributed by atoms with E-state index in [-0.39, 0.29) is 12.1 Å². The first-order valence-electron chi connectivity index (χ1n) is 6.02. The summed E-state index contributed by atoms with van der Waals surface area (Å²) in [6.07, 6.45) is 4.01. The van der Waals surface area contributed by atoms with Crippen molar-refractivity contribution in [1.82, 2.24) is 5.32 Å². The Bertz CT molecular complexity index is 384. The highest BCUT2D eigenvalue weighted by atomic mass is 35.5. The predicted octanol–water partition coefficient (Wildman–Crippen LogP) is 3.39. The van der Waals surface area contributed by atoms with Crippen LogP contribution in [-0.4, -0.2) is 17.3 Å². The van der Waals surface area contributed by atoms with Gasteiger partial charge in [-0.15, -0.1) is 0 Å². The van der Waals surface area contributed by atoms with Crippen molar-refractivity contribution in [2.45, 2.75) is 44.4 Å². The van der Waals surface area contributed by atoms with E-state index >= 15 is 0 Å². The van der Waals surface area contributed by atoms with Gasteiger partial charge in [-0.1, -0.05) is 42.1 Å². The van der Waals surface area contributed by atoms with Gasteiger partial charge in [-0.25, -0.2) is 0 Å². The average Bonchev–Trinajstić information content (AvgIpc) is 2.30. The largest absolute Gasteiger partial charge is 0.392 e. The van der Waals surface area contributed by atoms with Crippen molar-refractivity contribution in [1.29, 1.82) is 0 Å². The second-order valence-corrected chi connectivity index (χ2v) is 5.42. The number of aliphatic hydroxyl groups excluding tert-OH is 1. The molecular weight excluding hydrogens is 257 g/mol. The quantitative estimate of drug-likeness (QED) is 0.885. The van der Waals surface area contributed by atoms with Crippen LogP contribution in [0.1, 0.15) is 31.2 Å². The Hall–Kier alpha value is -0.280. The third kappa shape index (κ3) is 3.59. The van der Waals surface area contributed by atoms with Crippen molar-refractivity contribution >= 4 is 23.2 Å². The highest BCUT2D eigenvalue weighted by molar-refractivity contribution is 6.35. The monoisotopic (exact) mass is 273 g/mol. The fourth-order valence-corrected chi connectivity index (χ4v) is 2.73. The summed E-state index contributed by atoms with van der Waals surface area (Å²) in [5, 5.41) is 14.5. The molecule has 0 amide bonds. The van der Waals surface area contributed by atoms with Crippen molar-refractivity contribution in [2.75, 3.05) is 0 Å². The molecule has 2 nitrogen and oxygen atoms in total. The van der Waals surface area contributed by atoms with Gasteiger partial charge in [0.15, 0.2) is 0 Å². The van der Waals surface area contributed by atoms with E-state index in [0.717, 1.165) is 24.8 Å². The molecule has 0 unspecified atom stereocenters. The number of benzene rings is 1. The van der Waals surface area contributed by atoms with Crippen LogP contribution in [0.2, 0.25) is 10.0 Å². The van der Waals surface area contributed by atoms with Gasteiger partial charge in [-0.3, -0.25) is 0 Å². The SMILES string of the molecule is O[C@H]1CCCC[C@@H]1NCc1ccc(Cl)cc1Cl. The van der Waals surface area contributed by atoms with Crippen LogP contribution in [0.5, 0.6) is 0 Å². The van der Waals surface area contributed by atoms with Crippen LogP contribution in [0.15, 0.2) is 18.2 Å². The lowest BCUT2D eigenvalue weighted by atomic mass is 9.92. The summed E-state index contributed by atoms with van der Waals surface area (Å²) in [7, 11) is 0. The average molecular weight is 274 g/mol. The standard InChI is InChI=1S/C13H17Cl2NO/c14-10-6-5-9(11(15)7-10)8-16-12-3-1-2-4-13(12)17/h5-7,12-13,16-17H,1-4,8H2/t12-,13-/m0/s1. The smallest absolute Gasteiger partial charge is 0.0693 e. The minimum Gasteiger partial charge on any atom is -0.392 e. The van der Waals surface area contributed by atoms with Gasteiger partial charge >= 0.3 is 0 Å². The molecule has 2 rings (SSSR count). The Morgan fingerprint density at radius 1 is 1.24 bits per heavy atom. The first-order valence-corrected chi connectivity index (χ1v) is 6.78. The van der Waals surface area contributed by atoms with Crippen LogP contribution < -0.4 is 5.32 Å². The molecule has 4 heteroatoms. The summed E-state index contributed by atoms with van der Waals surface area (Å²) in [4.78, 5) is 0. The molecule has 0 aromatic heterocycles. The number of rotatable bonds is 3. The zero-order valence-corrected chi connectivity index (χ0v) is 11.1. The number of nitrogens with one attached hydrogen (secondary N) is 1. The number of aliphatic hydroxyl groups is 1.